The third-order valence-electron chi connectivity index (χ3n) is 5.11. The normalized spacial score (nSPS) is 20.9. The molecule has 0 aromatic heterocycles. The molecule has 8 N–H and O–H groups in total. The molecular formula is C19H26N4O. The Labute approximate surface area is 143 Å². The van der Waals surface area contributed by atoms with Crippen LogP contribution in [-0.4, -0.2) is 13.2 Å². The number of nitrogen functional groups attached to an aromatic ring is 4. The van der Waals surface area contributed by atoms with Gasteiger partial charge in [0.1, 0.15) is 0 Å². The van der Waals surface area contributed by atoms with E-state index in [1.807, 2.05) is 12.1 Å². The topological polar surface area (TPSA) is 113 Å². The number of ether oxygens (including phenoxy) is 1. The van der Waals surface area contributed by atoms with Crippen LogP contribution in [0.1, 0.15) is 37.2 Å². The second-order valence-electron chi connectivity index (χ2n) is 6.62. The van der Waals surface area contributed by atoms with Gasteiger partial charge in [0.05, 0.1) is 23.2 Å². The summed E-state index contributed by atoms with van der Waals surface area (Å²) >= 11 is 0. The Hall–Kier alpha value is -2.40. The van der Waals surface area contributed by atoms with Gasteiger partial charge in [0.2, 0.25) is 0 Å². The predicted molar refractivity (Wildman–Crippen MR) is 102 cm³/mol. The molecule has 0 heterocycles. The van der Waals surface area contributed by atoms with Gasteiger partial charge in [-0.3, -0.25) is 0 Å². The van der Waals surface area contributed by atoms with Crippen LogP contribution < -0.4 is 22.9 Å². The van der Waals surface area contributed by atoms with E-state index in [1.165, 1.54) is 5.56 Å². The van der Waals surface area contributed by atoms with Crippen LogP contribution in [0.2, 0.25) is 0 Å². The first-order chi connectivity index (χ1) is 11.5. The molecule has 0 spiro atoms. The van der Waals surface area contributed by atoms with E-state index < -0.39 is 0 Å². The van der Waals surface area contributed by atoms with Gasteiger partial charge in [-0.05, 0) is 60.9 Å². The summed E-state index contributed by atoms with van der Waals surface area (Å²) in [6.45, 7) is 0. The molecule has 1 aliphatic rings. The summed E-state index contributed by atoms with van der Waals surface area (Å²) in [5.41, 5.74) is 29.2. The fourth-order valence-corrected chi connectivity index (χ4v) is 3.58. The van der Waals surface area contributed by atoms with Crippen LogP contribution in [0, 0.1) is 0 Å². The van der Waals surface area contributed by atoms with Crippen molar-refractivity contribution in [1.29, 1.82) is 0 Å². The number of hydrogen-bond donors (Lipinski definition) is 4. The van der Waals surface area contributed by atoms with Gasteiger partial charge in [0.15, 0.2) is 0 Å². The fraction of sp³-hybridized carbons (Fsp3) is 0.368. The number of benzene rings is 2. The first-order valence-electron chi connectivity index (χ1n) is 8.36. The van der Waals surface area contributed by atoms with E-state index in [-0.39, 0.29) is 0 Å². The Morgan fingerprint density at radius 1 is 0.833 bits per heavy atom. The highest BCUT2D eigenvalue weighted by Crippen LogP contribution is 2.38. The molecule has 0 radical (unpaired) electrons. The smallest absolute Gasteiger partial charge is 0.0781 e. The van der Waals surface area contributed by atoms with Crippen molar-refractivity contribution in [1.82, 2.24) is 0 Å². The quantitative estimate of drug-likeness (QED) is 0.646. The minimum Gasteiger partial charge on any atom is -0.398 e. The zero-order valence-electron chi connectivity index (χ0n) is 14.1. The van der Waals surface area contributed by atoms with E-state index in [1.54, 1.807) is 7.11 Å². The van der Waals surface area contributed by atoms with Gasteiger partial charge < -0.3 is 27.7 Å². The van der Waals surface area contributed by atoms with Gasteiger partial charge in [-0.2, -0.15) is 0 Å². The fourth-order valence-electron chi connectivity index (χ4n) is 3.58. The van der Waals surface area contributed by atoms with E-state index in [0.717, 1.165) is 42.5 Å². The second kappa shape index (κ2) is 6.61. The maximum Gasteiger partial charge on any atom is 0.0781 e. The van der Waals surface area contributed by atoms with Gasteiger partial charge in [-0.15, -0.1) is 0 Å². The largest absolute Gasteiger partial charge is 0.398 e. The van der Waals surface area contributed by atoms with Crippen LogP contribution in [0.25, 0.3) is 11.1 Å². The Morgan fingerprint density at radius 2 is 1.46 bits per heavy atom. The van der Waals surface area contributed by atoms with Crippen molar-refractivity contribution in [2.24, 2.45) is 0 Å². The molecule has 0 unspecified atom stereocenters. The number of nitrogens with two attached hydrogens (primary N) is 4. The molecule has 0 saturated heterocycles. The predicted octanol–water partition coefficient (Wildman–Crippen LogP) is 3.36. The van der Waals surface area contributed by atoms with Gasteiger partial charge in [0.25, 0.3) is 0 Å². The Balaban J connectivity index is 1.85. The summed E-state index contributed by atoms with van der Waals surface area (Å²) in [4.78, 5) is 0. The minimum atomic E-state index is 0.401. The summed E-state index contributed by atoms with van der Waals surface area (Å²) in [5.74, 6) is 0.550. The Morgan fingerprint density at radius 3 is 2.00 bits per heavy atom. The second-order valence-corrected chi connectivity index (χ2v) is 6.62. The monoisotopic (exact) mass is 326 g/mol. The third kappa shape index (κ3) is 3.12. The van der Waals surface area contributed by atoms with Crippen molar-refractivity contribution in [2.75, 3.05) is 30.0 Å². The van der Waals surface area contributed by atoms with Crippen LogP contribution >= 0.6 is 0 Å². The van der Waals surface area contributed by atoms with Crippen molar-refractivity contribution < 1.29 is 4.74 Å². The summed E-state index contributed by atoms with van der Waals surface area (Å²) < 4.78 is 5.45. The molecule has 0 amide bonds. The van der Waals surface area contributed by atoms with Crippen LogP contribution in [0.15, 0.2) is 30.3 Å². The third-order valence-corrected chi connectivity index (χ3v) is 5.11. The molecule has 24 heavy (non-hydrogen) atoms. The summed E-state index contributed by atoms with van der Waals surface area (Å²) in [5, 5.41) is 0. The van der Waals surface area contributed by atoms with E-state index in [0.29, 0.717) is 29.1 Å². The summed E-state index contributed by atoms with van der Waals surface area (Å²) in [7, 11) is 1.79. The molecule has 0 aliphatic heterocycles. The van der Waals surface area contributed by atoms with Crippen molar-refractivity contribution in [3.05, 3.63) is 35.9 Å². The van der Waals surface area contributed by atoms with Gasteiger partial charge in [-0.1, -0.05) is 12.1 Å². The zero-order valence-corrected chi connectivity index (χ0v) is 14.1. The van der Waals surface area contributed by atoms with Crippen LogP contribution in [0.5, 0.6) is 0 Å². The lowest BCUT2D eigenvalue weighted by atomic mass is 9.82. The molecule has 2 aromatic carbocycles. The van der Waals surface area contributed by atoms with Crippen molar-refractivity contribution in [3.63, 3.8) is 0 Å². The Kier molecular flexibility index (Phi) is 4.53. The van der Waals surface area contributed by atoms with E-state index in [4.69, 9.17) is 27.7 Å². The lowest BCUT2D eigenvalue weighted by Crippen LogP contribution is -2.19. The molecule has 1 saturated carbocycles. The van der Waals surface area contributed by atoms with E-state index >= 15 is 0 Å². The highest BCUT2D eigenvalue weighted by molar-refractivity contribution is 5.87. The molecule has 1 fully saturated rings. The molecule has 5 nitrogen and oxygen atoms in total. The lowest BCUT2D eigenvalue weighted by molar-refractivity contribution is 0.0659. The van der Waals surface area contributed by atoms with Crippen LogP contribution in [0.3, 0.4) is 0 Å². The number of hydrogen-bond acceptors (Lipinski definition) is 5. The van der Waals surface area contributed by atoms with Crippen molar-refractivity contribution >= 4 is 22.7 Å². The van der Waals surface area contributed by atoms with Crippen molar-refractivity contribution in [3.8, 4) is 11.1 Å². The highest BCUT2D eigenvalue weighted by atomic mass is 16.5. The van der Waals surface area contributed by atoms with Crippen LogP contribution in [0.4, 0.5) is 22.7 Å². The molecule has 2 aromatic rings. The molecule has 0 atom stereocenters. The zero-order chi connectivity index (χ0) is 17.3. The molecular weight excluding hydrogens is 300 g/mol. The molecule has 5 heteroatoms. The minimum absolute atomic E-state index is 0.401. The molecule has 3 rings (SSSR count). The average Bonchev–Trinajstić information content (AvgIpc) is 2.59. The SMILES string of the molecule is COC1CCC(c2ccc(-c3cc(N)c(N)c(N)c3)c(N)c2)CC1. The number of rotatable bonds is 3. The van der Waals surface area contributed by atoms with E-state index in [9.17, 15) is 0 Å². The van der Waals surface area contributed by atoms with Crippen LogP contribution in [-0.2, 0) is 4.74 Å². The molecule has 1 aliphatic carbocycles. The maximum absolute atomic E-state index is 6.31. The molecule has 0 bridgehead atoms. The molecule has 128 valence electrons. The number of methoxy groups -OCH3 is 1. The summed E-state index contributed by atoms with van der Waals surface area (Å²) in [6, 6.07) is 9.93. The summed E-state index contributed by atoms with van der Waals surface area (Å²) in [6.07, 6.45) is 4.89. The van der Waals surface area contributed by atoms with Gasteiger partial charge in [0, 0.05) is 18.4 Å². The van der Waals surface area contributed by atoms with Gasteiger partial charge in [-0.25, -0.2) is 0 Å². The maximum atomic E-state index is 6.31. The Bertz CT molecular complexity index is 713. The standard InChI is InChI=1S/C19H26N4O/c1-24-14-5-2-11(3-6-14)12-4-7-15(16(20)8-12)13-9-17(21)19(23)18(22)10-13/h4,7-11,14H,2-3,5-6,20-23H2,1H3. The number of anilines is 4. The first kappa shape index (κ1) is 16.5. The average molecular weight is 326 g/mol. The van der Waals surface area contributed by atoms with E-state index in [2.05, 4.69) is 18.2 Å². The first-order valence-corrected chi connectivity index (χ1v) is 8.36. The van der Waals surface area contributed by atoms with Gasteiger partial charge >= 0.3 is 0 Å². The van der Waals surface area contributed by atoms with Crippen molar-refractivity contribution in [2.45, 2.75) is 37.7 Å². The highest BCUT2D eigenvalue weighted by Gasteiger charge is 2.22. The lowest BCUT2D eigenvalue weighted by Gasteiger charge is -2.28.